The summed E-state index contributed by atoms with van der Waals surface area (Å²) in [5.41, 5.74) is 2.60. The highest BCUT2D eigenvalue weighted by Crippen LogP contribution is 2.36. The van der Waals surface area contributed by atoms with Gasteiger partial charge in [-0.1, -0.05) is 42.5 Å². The molecule has 3 heteroatoms. The van der Waals surface area contributed by atoms with Crippen molar-refractivity contribution in [2.24, 2.45) is 0 Å². The van der Waals surface area contributed by atoms with Crippen LogP contribution in [0.25, 0.3) is 10.2 Å². The number of thiazole rings is 1. The molecule has 2 nitrogen and oxygen atoms in total. The fraction of sp³-hybridized carbons (Fsp3) is 0.278. The number of aromatic nitrogens is 1. The van der Waals surface area contributed by atoms with Gasteiger partial charge in [-0.25, -0.2) is 4.98 Å². The monoisotopic (exact) mass is 294 g/mol. The lowest BCUT2D eigenvalue weighted by Gasteiger charge is -2.36. The summed E-state index contributed by atoms with van der Waals surface area (Å²) in [6, 6.07) is 19.9. The maximum absolute atomic E-state index is 4.68. The molecule has 1 aliphatic carbocycles. The third-order valence-corrected chi connectivity index (χ3v) is 5.33. The Labute approximate surface area is 128 Å². The predicted molar refractivity (Wildman–Crippen MR) is 88.7 cm³/mol. The summed E-state index contributed by atoms with van der Waals surface area (Å²) >= 11 is 1.80. The first kappa shape index (κ1) is 13.0. The smallest absolute Gasteiger partial charge is 0.108 e. The first-order chi connectivity index (χ1) is 10.4. The Balaban J connectivity index is 1.32. The van der Waals surface area contributed by atoms with Crippen molar-refractivity contribution in [2.45, 2.75) is 31.3 Å². The van der Waals surface area contributed by atoms with Crippen molar-refractivity contribution in [2.75, 3.05) is 0 Å². The lowest BCUT2D eigenvalue weighted by atomic mass is 9.76. The van der Waals surface area contributed by atoms with Gasteiger partial charge < -0.3 is 5.32 Å². The van der Waals surface area contributed by atoms with Crippen LogP contribution in [0.15, 0.2) is 54.6 Å². The molecule has 1 fully saturated rings. The highest BCUT2D eigenvalue weighted by molar-refractivity contribution is 7.18. The van der Waals surface area contributed by atoms with Gasteiger partial charge in [0.2, 0.25) is 0 Å². The number of nitrogens with one attached hydrogen (secondary N) is 1. The maximum atomic E-state index is 4.68. The summed E-state index contributed by atoms with van der Waals surface area (Å²) in [6.45, 7) is 0.894. The Morgan fingerprint density at radius 1 is 1.00 bits per heavy atom. The van der Waals surface area contributed by atoms with Crippen molar-refractivity contribution in [3.8, 4) is 0 Å². The van der Waals surface area contributed by atoms with Crippen molar-refractivity contribution in [3.05, 3.63) is 65.2 Å². The topological polar surface area (TPSA) is 24.9 Å². The molecule has 4 rings (SSSR count). The van der Waals surface area contributed by atoms with E-state index in [0.29, 0.717) is 6.04 Å². The zero-order chi connectivity index (χ0) is 14.1. The molecule has 1 aliphatic rings. The molecule has 0 bridgehead atoms. The Morgan fingerprint density at radius 3 is 2.57 bits per heavy atom. The number of hydrogen-bond donors (Lipinski definition) is 1. The second-order valence-corrected chi connectivity index (χ2v) is 6.85. The van der Waals surface area contributed by atoms with Crippen molar-refractivity contribution >= 4 is 21.6 Å². The van der Waals surface area contributed by atoms with E-state index in [2.05, 4.69) is 64.9 Å². The molecule has 21 heavy (non-hydrogen) atoms. The summed E-state index contributed by atoms with van der Waals surface area (Å²) in [4.78, 5) is 4.68. The number of fused-ring (bicyclic) bond motifs is 1. The van der Waals surface area contributed by atoms with E-state index in [4.69, 9.17) is 0 Å². The van der Waals surface area contributed by atoms with E-state index in [1.165, 1.54) is 28.1 Å². The van der Waals surface area contributed by atoms with Crippen LogP contribution in [0.5, 0.6) is 0 Å². The molecule has 2 aromatic carbocycles. The average Bonchev–Trinajstić information content (AvgIpc) is 2.89. The van der Waals surface area contributed by atoms with Crippen LogP contribution in [-0.2, 0) is 6.54 Å². The molecule has 106 valence electrons. The first-order valence-corrected chi connectivity index (χ1v) is 8.33. The van der Waals surface area contributed by atoms with Gasteiger partial charge in [-0.05, 0) is 36.5 Å². The Bertz CT molecular complexity index is 696. The standard InChI is InChI=1S/C18H18N2S/c1-2-6-13(7-3-1)14-10-15(11-14)19-12-18-20-16-8-4-5-9-17(16)21-18/h1-9,14-15,19H,10-12H2. The fourth-order valence-electron chi connectivity index (χ4n) is 3.01. The molecule has 1 saturated carbocycles. The fourth-order valence-corrected chi connectivity index (χ4v) is 3.93. The minimum Gasteiger partial charge on any atom is -0.308 e. The van der Waals surface area contributed by atoms with E-state index in [-0.39, 0.29) is 0 Å². The molecule has 0 unspecified atom stereocenters. The van der Waals surface area contributed by atoms with Crippen molar-refractivity contribution in [3.63, 3.8) is 0 Å². The van der Waals surface area contributed by atoms with Gasteiger partial charge in [-0.15, -0.1) is 11.3 Å². The summed E-state index contributed by atoms with van der Waals surface area (Å²) in [6.07, 6.45) is 2.49. The Kier molecular flexibility index (Phi) is 3.45. The third-order valence-electron chi connectivity index (χ3n) is 4.29. The molecular weight excluding hydrogens is 276 g/mol. The van der Waals surface area contributed by atoms with E-state index in [1.54, 1.807) is 11.3 Å². The van der Waals surface area contributed by atoms with Crippen LogP contribution >= 0.6 is 11.3 Å². The highest BCUT2D eigenvalue weighted by atomic mass is 32.1. The Hall–Kier alpha value is -1.71. The van der Waals surface area contributed by atoms with Crippen LogP contribution in [0, 0.1) is 0 Å². The zero-order valence-corrected chi connectivity index (χ0v) is 12.6. The van der Waals surface area contributed by atoms with Gasteiger partial charge in [0.1, 0.15) is 5.01 Å². The summed E-state index contributed by atoms with van der Waals surface area (Å²) in [7, 11) is 0. The molecular formula is C18H18N2S. The largest absolute Gasteiger partial charge is 0.308 e. The van der Waals surface area contributed by atoms with Crippen LogP contribution < -0.4 is 5.32 Å². The maximum Gasteiger partial charge on any atom is 0.108 e. The summed E-state index contributed by atoms with van der Waals surface area (Å²) in [5, 5.41) is 4.84. The summed E-state index contributed by atoms with van der Waals surface area (Å²) in [5.74, 6) is 0.735. The second-order valence-electron chi connectivity index (χ2n) is 5.73. The SMILES string of the molecule is c1ccc(C2CC(NCc3nc4ccccc4s3)C2)cc1. The molecule has 1 heterocycles. The lowest BCUT2D eigenvalue weighted by Crippen LogP contribution is -2.39. The molecule has 0 spiro atoms. The average molecular weight is 294 g/mol. The van der Waals surface area contributed by atoms with Gasteiger partial charge in [-0.3, -0.25) is 0 Å². The number of para-hydroxylation sites is 1. The van der Waals surface area contributed by atoms with E-state index in [1.807, 2.05) is 0 Å². The van der Waals surface area contributed by atoms with Crippen LogP contribution in [0.3, 0.4) is 0 Å². The van der Waals surface area contributed by atoms with Gasteiger partial charge in [0.05, 0.1) is 10.2 Å². The number of nitrogens with zero attached hydrogens (tertiary/aromatic N) is 1. The van der Waals surface area contributed by atoms with E-state index >= 15 is 0 Å². The zero-order valence-electron chi connectivity index (χ0n) is 11.8. The van der Waals surface area contributed by atoms with Crippen LogP contribution in [0.4, 0.5) is 0 Å². The molecule has 1 N–H and O–H groups in total. The molecule has 0 radical (unpaired) electrons. The van der Waals surface area contributed by atoms with Crippen LogP contribution in [0.2, 0.25) is 0 Å². The van der Waals surface area contributed by atoms with Gasteiger partial charge in [0, 0.05) is 12.6 Å². The number of rotatable bonds is 4. The van der Waals surface area contributed by atoms with E-state index in [0.717, 1.165) is 18.0 Å². The first-order valence-electron chi connectivity index (χ1n) is 7.51. The predicted octanol–water partition coefficient (Wildman–Crippen LogP) is 4.33. The molecule has 1 aromatic heterocycles. The van der Waals surface area contributed by atoms with Crippen molar-refractivity contribution < 1.29 is 0 Å². The van der Waals surface area contributed by atoms with E-state index in [9.17, 15) is 0 Å². The molecule has 0 saturated heterocycles. The third kappa shape index (κ3) is 2.71. The second kappa shape index (κ2) is 5.58. The minimum atomic E-state index is 0.641. The van der Waals surface area contributed by atoms with Crippen molar-refractivity contribution in [1.29, 1.82) is 0 Å². The van der Waals surface area contributed by atoms with Crippen LogP contribution in [-0.4, -0.2) is 11.0 Å². The highest BCUT2D eigenvalue weighted by Gasteiger charge is 2.29. The lowest BCUT2D eigenvalue weighted by molar-refractivity contribution is 0.289. The van der Waals surface area contributed by atoms with Gasteiger partial charge >= 0.3 is 0 Å². The van der Waals surface area contributed by atoms with Crippen LogP contribution in [0.1, 0.15) is 29.3 Å². The van der Waals surface area contributed by atoms with E-state index < -0.39 is 0 Å². The minimum absolute atomic E-state index is 0.641. The summed E-state index contributed by atoms with van der Waals surface area (Å²) < 4.78 is 1.28. The number of benzene rings is 2. The normalized spacial score (nSPS) is 21.3. The molecule has 0 aliphatic heterocycles. The van der Waals surface area contributed by atoms with Gasteiger partial charge in [0.15, 0.2) is 0 Å². The quantitative estimate of drug-likeness (QED) is 0.774. The molecule has 0 atom stereocenters. The van der Waals surface area contributed by atoms with Gasteiger partial charge in [0.25, 0.3) is 0 Å². The molecule has 0 amide bonds. The number of hydrogen-bond acceptors (Lipinski definition) is 3. The Morgan fingerprint density at radius 2 is 1.76 bits per heavy atom. The molecule has 3 aromatic rings. The van der Waals surface area contributed by atoms with Crippen molar-refractivity contribution in [1.82, 2.24) is 10.3 Å². The van der Waals surface area contributed by atoms with Gasteiger partial charge in [-0.2, -0.15) is 0 Å².